The molecule has 1 aromatic carbocycles. The van der Waals surface area contributed by atoms with Crippen molar-refractivity contribution in [3.63, 3.8) is 0 Å². The fourth-order valence-electron chi connectivity index (χ4n) is 2.13. The van der Waals surface area contributed by atoms with Crippen LogP contribution in [0.25, 0.3) is 6.08 Å². The van der Waals surface area contributed by atoms with Crippen LogP contribution in [0, 0.1) is 0 Å². The molecule has 0 atom stereocenters. The lowest BCUT2D eigenvalue weighted by Gasteiger charge is -2.04. The van der Waals surface area contributed by atoms with Crippen LogP contribution < -0.4 is 5.32 Å². The van der Waals surface area contributed by atoms with Crippen LogP contribution >= 0.6 is 0 Å². The number of carbonyl (C=O) groups is 1. The van der Waals surface area contributed by atoms with E-state index < -0.39 is 0 Å². The summed E-state index contributed by atoms with van der Waals surface area (Å²) in [4.78, 5) is 11.5. The Balaban J connectivity index is 2.39. The lowest BCUT2D eigenvalue weighted by molar-refractivity contribution is -0.121. The monoisotopic (exact) mass is 289 g/mol. The molecule has 0 spiro atoms. The number of allylic oxidation sites excluding steroid dienone is 1. The topological polar surface area (TPSA) is 49.3 Å². The summed E-state index contributed by atoms with van der Waals surface area (Å²) in [6.07, 6.45) is 10.5. The van der Waals surface area contributed by atoms with Crippen molar-refractivity contribution in [3.05, 3.63) is 41.5 Å². The van der Waals surface area contributed by atoms with Crippen LogP contribution in [0.3, 0.4) is 0 Å². The molecule has 0 bridgehead atoms. The normalized spacial score (nSPS) is 11.0. The minimum atomic E-state index is -0.00987. The largest absolute Gasteiger partial charge is 0.395 e. The molecule has 3 nitrogen and oxygen atoms in total. The Hall–Kier alpha value is -1.61. The summed E-state index contributed by atoms with van der Waals surface area (Å²) in [5.74, 6) is -0.00967. The molecule has 0 aromatic heterocycles. The lowest BCUT2D eigenvalue weighted by Crippen LogP contribution is -2.26. The zero-order valence-electron chi connectivity index (χ0n) is 13.0. The van der Waals surface area contributed by atoms with Crippen LogP contribution in [-0.2, 0) is 11.2 Å². The molecule has 0 aliphatic carbocycles. The van der Waals surface area contributed by atoms with Crippen molar-refractivity contribution in [1.82, 2.24) is 5.32 Å². The fourth-order valence-corrected chi connectivity index (χ4v) is 2.13. The summed E-state index contributed by atoms with van der Waals surface area (Å²) < 4.78 is 0. The van der Waals surface area contributed by atoms with Crippen molar-refractivity contribution in [2.75, 3.05) is 13.2 Å². The number of aryl methyl sites for hydroxylation is 1. The molecule has 0 saturated carbocycles. The molecule has 0 aliphatic rings. The maximum atomic E-state index is 11.5. The van der Waals surface area contributed by atoms with Gasteiger partial charge in [-0.1, -0.05) is 56.2 Å². The number of benzene rings is 1. The van der Waals surface area contributed by atoms with Gasteiger partial charge < -0.3 is 10.4 Å². The van der Waals surface area contributed by atoms with E-state index in [0.29, 0.717) is 13.0 Å². The maximum absolute atomic E-state index is 11.5. The van der Waals surface area contributed by atoms with Crippen molar-refractivity contribution in [2.24, 2.45) is 0 Å². The average molecular weight is 289 g/mol. The molecule has 116 valence electrons. The first-order valence-electron chi connectivity index (χ1n) is 7.89. The predicted molar refractivity (Wildman–Crippen MR) is 88.0 cm³/mol. The second-order valence-electron chi connectivity index (χ2n) is 5.22. The van der Waals surface area contributed by atoms with Crippen LogP contribution in [0.4, 0.5) is 0 Å². The van der Waals surface area contributed by atoms with Gasteiger partial charge in [0, 0.05) is 13.0 Å². The maximum Gasteiger partial charge on any atom is 0.220 e. The van der Waals surface area contributed by atoms with Gasteiger partial charge in [-0.25, -0.2) is 0 Å². The number of aliphatic hydroxyl groups is 1. The zero-order valence-corrected chi connectivity index (χ0v) is 13.0. The standard InChI is InChI=1S/C18H27NO2/c1-2-3-4-5-6-8-16-9-7-10-17(15-16)11-12-18(21)19-13-14-20/h6-10,15,20H,2-5,11-14H2,1H3,(H,19,21)/b8-6-. The number of amides is 1. The van der Waals surface area contributed by atoms with Crippen LogP contribution in [0.5, 0.6) is 0 Å². The van der Waals surface area contributed by atoms with E-state index in [0.717, 1.165) is 12.8 Å². The number of hydrogen-bond acceptors (Lipinski definition) is 2. The van der Waals surface area contributed by atoms with Gasteiger partial charge in [0.05, 0.1) is 6.61 Å². The second kappa shape index (κ2) is 11.1. The van der Waals surface area contributed by atoms with E-state index in [9.17, 15) is 4.79 Å². The first-order chi connectivity index (χ1) is 10.3. The SMILES string of the molecule is CCCCC/C=C\c1cccc(CCC(=O)NCCO)c1. The van der Waals surface area contributed by atoms with Gasteiger partial charge in [0.25, 0.3) is 0 Å². The van der Waals surface area contributed by atoms with E-state index in [1.165, 1.54) is 30.4 Å². The smallest absolute Gasteiger partial charge is 0.220 e. The Morgan fingerprint density at radius 3 is 2.95 bits per heavy atom. The van der Waals surface area contributed by atoms with Crippen molar-refractivity contribution >= 4 is 12.0 Å². The van der Waals surface area contributed by atoms with Crippen molar-refractivity contribution in [2.45, 2.75) is 45.4 Å². The lowest BCUT2D eigenvalue weighted by atomic mass is 10.1. The summed E-state index contributed by atoms with van der Waals surface area (Å²) in [7, 11) is 0. The Labute approximate surface area is 128 Å². The predicted octanol–water partition coefficient (Wildman–Crippen LogP) is 3.32. The van der Waals surface area contributed by atoms with Crippen molar-refractivity contribution < 1.29 is 9.90 Å². The molecule has 3 heteroatoms. The summed E-state index contributed by atoms with van der Waals surface area (Å²) in [6, 6.07) is 8.31. The van der Waals surface area contributed by atoms with Gasteiger partial charge in [0.15, 0.2) is 0 Å². The molecule has 0 fully saturated rings. The van der Waals surface area contributed by atoms with E-state index in [1.54, 1.807) is 0 Å². The average Bonchev–Trinajstić information content (AvgIpc) is 2.51. The van der Waals surface area contributed by atoms with Crippen LogP contribution in [0.1, 0.15) is 50.2 Å². The summed E-state index contributed by atoms with van der Waals surface area (Å²) in [5.41, 5.74) is 2.37. The molecule has 0 unspecified atom stereocenters. The first kappa shape index (κ1) is 17.4. The molecule has 0 aliphatic heterocycles. The molecule has 0 radical (unpaired) electrons. The number of hydrogen-bond donors (Lipinski definition) is 2. The molecular formula is C18H27NO2. The minimum absolute atomic E-state index is 0.00967. The van der Waals surface area contributed by atoms with Gasteiger partial charge in [0.1, 0.15) is 0 Å². The minimum Gasteiger partial charge on any atom is -0.395 e. The van der Waals surface area contributed by atoms with Crippen LogP contribution in [0.2, 0.25) is 0 Å². The molecule has 0 saturated heterocycles. The van der Waals surface area contributed by atoms with E-state index in [4.69, 9.17) is 5.11 Å². The molecule has 21 heavy (non-hydrogen) atoms. The summed E-state index contributed by atoms with van der Waals surface area (Å²) in [5, 5.41) is 11.3. The number of rotatable bonds is 10. The highest BCUT2D eigenvalue weighted by Crippen LogP contribution is 2.10. The van der Waals surface area contributed by atoms with E-state index >= 15 is 0 Å². The zero-order chi connectivity index (χ0) is 15.3. The van der Waals surface area contributed by atoms with Gasteiger partial charge in [-0.3, -0.25) is 4.79 Å². The second-order valence-corrected chi connectivity index (χ2v) is 5.22. The Bertz CT molecular complexity index is 441. The van der Waals surface area contributed by atoms with E-state index in [2.05, 4.69) is 36.5 Å². The summed E-state index contributed by atoms with van der Waals surface area (Å²) >= 11 is 0. The molecule has 1 rings (SSSR count). The third kappa shape index (κ3) is 8.30. The Kier molecular flexibility index (Phi) is 9.21. The molecule has 2 N–H and O–H groups in total. The molecule has 0 heterocycles. The Morgan fingerprint density at radius 2 is 2.19 bits per heavy atom. The van der Waals surface area contributed by atoms with Crippen molar-refractivity contribution in [1.29, 1.82) is 0 Å². The van der Waals surface area contributed by atoms with Gasteiger partial charge in [0.2, 0.25) is 5.91 Å². The summed E-state index contributed by atoms with van der Waals surface area (Å²) in [6.45, 7) is 2.54. The van der Waals surface area contributed by atoms with Gasteiger partial charge in [-0.15, -0.1) is 0 Å². The first-order valence-corrected chi connectivity index (χ1v) is 7.89. The third-order valence-electron chi connectivity index (χ3n) is 3.31. The molecule has 1 aromatic rings. The van der Waals surface area contributed by atoms with Crippen LogP contribution in [-0.4, -0.2) is 24.2 Å². The number of unbranched alkanes of at least 4 members (excludes halogenated alkanes) is 3. The van der Waals surface area contributed by atoms with Crippen LogP contribution in [0.15, 0.2) is 30.3 Å². The quantitative estimate of drug-likeness (QED) is 0.649. The molecule has 1 amide bonds. The molecular weight excluding hydrogens is 262 g/mol. The van der Waals surface area contributed by atoms with Crippen molar-refractivity contribution in [3.8, 4) is 0 Å². The Morgan fingerprint density at radius 1 is 1.33 bits per heavy atom. The van der Waals surface area contributed by atoms with Gasteiger partial charge >= 0.3 is 0 Å². The fraction of sp³-hybridized carbons (Fsp3) is 0.500. The highest BCUT2D eigenvalue weighted by atomic mass is 16.3. The van der Waals surface area contributed by atoms with Gasteiger partial charge in [-0.05, 0) is 30.4 Å². The van der Waals surface area contributed by atoms with E-state index in [-0.39, 0.29) is 12.5 Å². The number of carbonyl (C=O) groups excluding carboxylic acids is 1. The van der Waals surface area contributed by atoms with E-state index in [1.807, 2.05) is 12.1 Å². The number of aliphatic hydroxyl groups excluding tert-OH is 1. The highest BCUT2D eigenvalue weighted by Gasteiger charge is 2.01. The van der Waals surface area contributed by atoms with Gasteiger partial charge in [-0.2, -0.15) is 0 Å². The highest BCUT2D eigenvalue weighted by molar-refractivity contribution is 5.76. The third-order valence-corrected chi connectivity index (χ3v) is 3.31. The number of nitrogens with one attached hydrogen (secondary N) is 1.